The lowest BCUT2D eigenvalue weighted by molar-refractivity contribution is -0.119. The van der Waals surface area contributed by atoms with Crippen molar-refractivity contribution in [2.75, 3.05) is 0 Å². The van der Waals surface area contributed by atoms with Crippen LogP contribution in [0.3, 0.4) is 0 Å². The van der Waals surface area contributed by atoms with Crippen LogP contribution in [0.1, 0.15) is 51.2 Å². The van der Waals surface area contributed by atoms with Crippen molar-refractivity contribution in [1.82, 2.24) is 5.32 Å². The molecule has 29 heavy (non-hydrogen) atoms. The van der Waals surface area contributed by atoms with E-state index in [4.69, 9.17) is 0 Å². The number of hydrogen-bond acceptors (Lipinski definition) is 4. The van der Waals surface area contributed by atoms with E-state index in [2.05, 4.69) is 15.5 Å². The van der Waals surface area contributed by atoms with Crippen molar-refractivity contribution < 1.29 is 18.0 Å². The van der Waals surface area contributed by atoms with Gasteiger partial charge in [-0.15, -0.1) is 5.11 Å². The van der Waals surface area contributed by atoms with Gasteiger partial charge in [0, 0.05) is 23.3 Å². The number of alkyl halides is 3. The maximum atomic E-state index is 13.9. The maximum Gasteiger partial charge on any atom is 0.435 e. The Kier molecular flexibility index (Phi) is 4.30. The molecule has 0 saturated heterocycles. The molecule has 0 spiro atoms. The van der Waals surface area contributed by atoms with E-state index in [1.807, 2.05) is 52.0 Å². The monoisotopic (exact) mass is 403 g/mol. The lowest BCUT2D eigenvalue weighted by Crippen LogP contribution is -2.52. The van der Waals surface area contributed by atoms with Gasteiger partial charge in [-0.3, -0.25) is 4.79 Å². The van der Waals surface area contributed by atoms with E-state index in [1.165, 1.54) is 0 Å². The highest BCUT2D eigenvalue weighted by molar-refractivity contribution is 6.01. The number of benzene rings is 1. The molecule has 0 aromatic heterocycles. The fourth-order valence-corrected chi connectivity index (χ4v) is 5.12. The SMILES string of the molecule is CC[C@@]1(c2cccc(C)c2)C2=C(CC(C)(C)CC2=O)NC2N=NC(C(F)(F)F)=C21. The molecule has 2 heterocycles. The van der Waals surface area contributed by atoms with Crippen LogP contribution in [0.5, 0.6) is 0 Å². The lowest BCUT2D eigenvalue weighted by atomic mass is 9.58. The highest BCUT2D eigenvalue weighted by Gasteiger charge is 2.57. The Labute approximate surface area is 168 Å². The van der Waals surface area contributed by atoms with Gasteiger partial charge in [0.05, 0.1) is 5.41 Å². The Hall–Kier alpha value is -2.44. The van der Waals surface area contributed by atoms with Crippen molar-refractivity contribution in [3.8, 4) is 0 Å². The Morgan fingerprint density at radius 2 is 1.97 bits per heavy atom. The van der Waals surface area contributed by atoms with Gasteiger partial charge < -0.3 is 5.32 Å². The van der Waals surface area contributed by atoms with Crippen molar-refractivity contribution in [1.29, 1.82) is 0 Å². The number of allylic oxidation sites excluding steroid dienone is 3. The third-order valence-corrected chi connectivity index (χ3v) is 6.18. The minimum Gasteiger partial charge on any atom is -0.362 e. The van der Waals surface area contributed by atoms with Crippen LogP contribution in [0.15, 0.2) is 57.0 Å². The first-order valence-corrected chi connectivity index (χ1v) is 9.83. The fourth-order valence-electron chi connectivity index (χ4n) is 5.12. The Morgan fingerprint density at radius 3 is 2.59 bits per heavy atom. The normalized spacial score (nSPS) is 28.4. The smallest absolute Gasteiger partial charge is 0.362 e. The van der Waals surface area contributed by atoms with Gasteiger partial charge in [0.1, 0.15) is 0 Å². The van der Waals surface area contributed by atoms with Crippen LogP contribution in [-0.2, 0) is 10.2 Å². The van der Waals surface area contributed by atoms with Gasteiger partial charge in [0.15, 0.2) is 17.6 Å². The topological polar surface area (TPSA) is 53.8 Å². The molecule has 0 amide bonds. The first-order chi connectivity index (χ1) is 13.5. The summed E-state index contributed by atoms with van der Waals surface area (Å²) >= 11 is 0. The zero-order valence-corrected chi connectivity index (χ0v) is 16.9. The minimum atomic E-state index is -4.64. The Morgan fingerprint density at radius 1 is 1.24 bits per heavy atom. The van der Waals surface area contributed by atoms with E-state index in [-0.39, 0.29) is 16.8 Å². The van der Waals surface area contributed by atoms with E-state index in [0.29, 0.717) is 36.1 Å². The largest absolute Gasteiger partial charge is 0.435 e. The standard InChI is InChI=1S/C22H24F3N3O/c1-5-21(13-8-6-7-12(2)9-13)16-14(10-20(3,4)11-15(16)29)26-19-17(21)18(27-28-19)22(23,24)25/h6-9,19,26H,5,10-11H2,1-4H3/t19?,21-/m1/s1. The molecule has 0 fully saturated rings. The zero-order chi connectivity index (χ0) is 21.2. The molecule has 154 valence electrons. The second kappa shape index (κ2) is 6.28. The molecule has 0 radical (unpaired) electrons. The maximum absolute atomic E-state index is 13.9. The number of hydrogen-bond donors (Lipinski definition) is 1. The quantitative estimate of drug-likeness (QED) is 0.709. The minimum absolute atomic E-state index is 0.0462. The van der Waals surface area contributed by atoms with Crippen LogP contribution >= 0.6 is 0 Å². The Balaban J connectivity index is 2.09. The number of nitrogens with one attached hydrogen (secondary N) is 1. The van der Waals surface area contributed by atoms with Gasteiger partial charge in [0.2, 0.25) is 0 Å². The number of nitrogens with zero attached hydrogens (tertiary/aromatic N) is 2. The van der Waals surface area contributed by atoms with Crippen molar-refractivity contribution >= 4 is 5.78 Å². The number of Topliss-reactive ketones (excluding diaryl/α,β-unsaturated/α-hetero) is 1. The molecule has 4 nitrogen and oxygen atoms in total. The van der Waals surface area contributed by atoms with E-state index in [0.717, 1.165) is 5.56 Å². The number of azo groups is 1. The number of aryl methyl sites for hydroxylation is 1. The first kappa shape index (κ1) is 19.9. The highest BCUT2D eigenvalue weighted by Crippen LogP contribution is 2.56. The van der Waals surface area contributed by atoms with E-state index < -0.39 is 23.5 Å². The van der Waals surface area contributed by atoms with Crippen LogP contribution < -0.4 is 5.32 Å². The second-order valence-electron chi connectivity index (χ2n) is 8.95. The van der Waals surface area contributed by atoms with Crippen molar-refractivity contribution in [3.63, 3.8) is 0 Å². The molecule has 3 aliphatic rings. The van der Waals surface area contributed by atoms with Gasteiger partial charge >= 0.3 is 6.18 Å². The molecule has 2 atom stereocenters. The molecule has 0 bridgehead atoms. The van der Waals surface area contributed by atoms with Gasteiger partial charge in [-0.25, -0.2) is 0 Å². The molecule has 4 rings (SSSR count). The molecule has 1 aromatic carbocycles. The predicted octanol–water partition coefficient (Wildman–Crippen LogP) is 5.50. The summed E-state index contributed by atoms with van der Waals surface area (Å²) in [7, 11) is 0. The molecule has 1 aliphatic carbocycles. The molecule has 0 saturated carbocycles. The lowest BCUT2D eigenvalue weighted by Gasteiger charge is -2.48. The van der Waals surface area contributed by atoms with E-state index in [9.17, 15) is 18.0 Å². The van der Waals surface area contributed by atoms with Gasteiger partial charge in [0.25, 0.3) is 0 Å². The first-order valence-electron chi connectivity index (χ1n) is 9.83. The summed E-state index contributed by atoms with van der Waals surface area (Å²) in [5.74, 6) is -0.105. The molecule has 1 aromatic rings. The van der Waals surface area contributed by atoms with Crippen LogP contribution in [0.25, 0.3) is 0 Å². The summed E-state index contributed by atoms with van der Waals surface area (Å²) in [6, 6.07) is 7.42. The number of ketones is 1. The number of carbonyl (C=O) groups is 1. The number of fused-ring (bicyclic) bond motifs is 1. The third kappa shape index (κ3) is 2.93. The summed E-state index contributed by atoms with van der Waals surface area (Å²) in [4.78, 5) is 13.4. The molecule has 2 aliphatic heterocycles. The number of carbonyl (C=O) groups excluding carboxylic acids is 1. The van der Waals surface area contributed by atoms with E-state index >= 15 is 0 Å². The fraction of sp³-hybridized carbons (Fsp3) is 0.500. The average Bonchev–Trinajstić information content (AvgIpc) is 3.03. The van der Waals surface area contributed by atoms with Crippen LogP contribution in [0, 0.1) is 12.3 Å². The van der Waals surface area contributed by atoms with Crippen LogP contribution in [-0.4, -0.2) is 18.1 Å². The van der Waals surface area contributed by atoms with E-state index in [1.54, 1.807) is 0 Å². The van der Waals surface area contributed by atoms with Crippen molar-refractivity contribution in [2.45, 2.75) is 64.7 Å². The van der Waals surface area contributed by atoms with Crippen molar-refractivity contribution in [2.24, 2.45) is 15.6 Å². The summed E-state index contributed by atoms with van der Waals surface area (Å²) in [5, 5.41) is 10.6. The summed E-state index contributed by atoms with van der Waals surface area (Å²) < 4.78 is 41.7. The van der Waals surface area contributed by atoms with Crippen LogP contribution in [0.2, 0.25) is 0 Å². The summed E-state index contributed by atoms with van der Waals surface area (Å²) in [6.07, 6.45) is -4.35. The summed E-state index contributed by atoms with van der Waals surface area (Å²) in [5.41, 5.74) is 0.370. The molecule has 1 N–H and O–H groups in total. The van der Waals surface area contributed by atoms with Crippen LogP contribution in [0.4, 0.5) is 13.2 Å². The molecular weight excluding hydrogens is 379 g/mol. The molecular formula is C22H24F3N3O. The Bertz CT molecular complexity index is 987. The summed E-state index contributed by atoms with van der Waals surface area (Å²) in [6.45, 7) is 7.73. The van der Waals surface area contributed by atoms with Gasteiger partial charge in [-0.1, -0.05) is 50.6 Å². The van der Waals surface area contributed by atoms with Gasteiger partial charge in [-0.2, -0.15) is 18.3 Å². The molecule has 1 unspecified atom stereocenters. The number of rotatable bonds is 2. The molecule has 7 heteroatoms. The zero-order valence-electron chi connectivity index (χ0n) is 16.9. The predicted molar refractivity (Wildman–Crippen MR) is 103 cm³/mol. The average molecular weight is 403 g/mol. The third-order valence-electron chi connectivity index (χ3n) is 6.18. The van der Waals surface area contributed by atoms with Gasteiger partial charge in [-0.05, 0) is 30.7 Å². The second-order valence-corrected chi connectivity index (χ2v) is 8.95. The highest BCUT2D eigenvalue weighted by atomic mass is 19.4. The number of halogens is 3. The van der Waals surface area contributed by atoms with Crippen molar-refractivity contribution in [3.05, 3.63) is 57.9 Å².